The molecule has 0 unspecified atom stereocenters. The number of nitrogens with two attached hydrogens (primary N) is 1. The van der Waals surface area contributed by atoms with Crippen LogP contribution in [0.15, 0.2) is 22.7 Å². The Morgan fingerprint density at radius 2 is 2.27 bits per heavy atom. The normalized spacial score (nSPS) is 10.3. The molecule has 0 spiro atoms. The standard InChI is InChI=1S/C9H9ClN4O/c1-5-3-2-4-6(7(5)10)12-9-13-8(11)14-15-9/h2-4H,1H3,(H3,11,12,13,14). The van der Waals surface area contributed by atoms with Gasteiger partial charge in [0.25, 0.3) is 5.95 Å². The first-order valence-corrected chi connectivity index (χ1v) is 4.66. The molecule has 78 valence electrons. The van der Waals surface area contributed by atoms with Crippen molar-refractivity contribution in [1.82, 2.24) is 10.1 Å². The van der Waals surface area contributed by atoms with Gasteiger partial charge in [-0.1, -0.05) is 23.7 Å². The van der Waals surface area contributed by atoms with E-state index in [4.69, 9.17) is 21.9 Å². The van der Waals surface area contributed by atoms with Crippen LogP contribution in [0.3, 0.4) is 0 Å². The maximum absolute atomic E-state index is 6.07. The number of aryl methyl sites for hydroxylation is 1. The molecule has 0 bridgehead atoms. The summed E-state index contributed by atoms with van der Waals surface area (Å²) in [6.45, 7) is 1.91. The Hall–Kier alpha value is -1.75. The molecular weight excluding hydrogens is 216 g/mol. The van der Waals surface area contributed by atoms with Crippen LogP contribution in [0, 0.1) is 6.92 Å². The van der Waals surface area contributed by atoms with Gasteiger partial charge in [-0.05, 0) is 23.7 Å². The number of rotatable bonds is 2. The minimum Gasteiger partial charge on any atom is -0.365 e. The predicted octanol–water partition coefficient (Wildman–Crippen LogP) is 2.36. The minimum atomic E-state index is 0.0845. The summed E-state index contributed by atoms with van der Waals surface area (Å²) in [4.78, 5) is 3.81. The van der Waals surface area contributed by atoms with Gasteiger partial charge in [0, 0.05) is 0 Å². The van der Waals surface area contributed by atoms with Crippen LogP contribution in [0.4, 0.5) is 17.7 Å². The van der Waals surface area contributed by atoms with Gasteiger partial charge in [0.05, 0.1) is 10.7 Å². The Labute approximate surface area is 91.2 Å². The number of halogens is 1. The topological polar surface area (TPSA) is 77.0 Å². The number of benzene rings is 1. The maximum Gasteiger partial charge on any atom is 0.327 e. The summed E-state index contributed by atoms with van der Waals surface area (Å²) in [5.74, 6) is 0.0845. The van der Waals surface area contributed by atoms with Crippen LogP contribution in [0.25, 0.3) is 0 Å². The highest BCUT2D eigenvalue weighted by molar-refractivity contribution is 6.34. The molecular formula is C9H9ClN4O. The lowest BCUT2D eigenvalue weighted by atomic mass is 10.2. The second-order valence-electron chi connectivity index (χ2n) is 3.02. The van der Waals surface area contributed by atoms with Crippen molar-refractivity contribution in [1.29, 1.82) is 0 Å². The van der Waals surface area contributed by atoms with Gasteiger partial charge in [-0.25, -0.2) is 0 Å². The summed E-state index contributed by atoms with van der Waals surface area (Å²) in [6, 6.07) is 5.83. The highest BCUT2D eigenvalue weighted by atomic mass is 35.5. The molecule has 0 aliphatic heterocycles. The van der Waals surface area contributed by atoms with Crippen molar-refractivity contribution in [2.75, 3.05) is 11.1 Å². The second kappa shape index (κ2) is 3.78. The monoisotopic (exact) mass is 224 g/mol. The van der Waals surface area contributed by atoms with E-state index < -0.39 is 0 Å². The molecule has 1 aromatic carbocycles. The fourth-order valence-electron chi connectivity index (χ4n) is 1.14. The van der Waals surface area contributed by atoms with Gasteiger partial charge in [-0.3, -0.25) is 0 Å². The molecule has 0 amide bonds. The number of anilines is 3. The summed E-state index contributed by atoms with van der Waals surface area (Å²) in [5, 5.41) is 6.95. The third-order valence-electron chi connectivity index (χ3n) is 1.88. The van der Waals surface area contributed by atoms with Crippen LogP contribution in [0.1, 0.15) is 5.56 Å². The zero-order valence-corrected chi connectivity index (χ0v) is 8.75. The Balaban J connectivity index is 2.28. The zero-order valence-electron chi connectivity index (χ0n) is 7.99. The first kappa shape index (κ1) is 9.79. The van der Waals surface area contributed by atoms with E-state index in [0.29, 0.717) is 10.7 Å². The van der Waals surface area contributed by atoms with Crippen LogP contribution in [-0.4, -0.2) is 10.1 Å². The van der Waals surface area contributed by atoms with Gasteiger partial charge < -0.3 is 15.6 Å². The minimum absolute atomic E-state index is 0.0845. The SMILES string of the molecule is Cc1cccc(Nc2nc(N)no2)c1Cl. The molecule has 0 atom stereocenters. The lowest BCUT2D eigenvalue weighted by Crippen LogP contribution is -1.93. The number of nitrogens with one attached hydrogen (secondary N) is 1. The van der Waals surface area contributed by atoms with Crippen molar-refractivity contribution >= 4 is 29.3 Å². The number of nitrogens with zero attached hydrogens (tertiary/aromatic N) is 2. The number of hydrogen-bond acceptors (Lipinski definition) is 5. The Bertz CT molecular complexity index is 483. The predicted molar refractivity (Wildman–Crippen MR) is 58.2 cm³/mol. The molecule has 2 rings (SSSR count). The Kier molecular flexibility index (Phi) is 2.47. The molecule has 0 saturated carbocycles. The smallest absolute Gasteiger partial charge is 0.327 e. The summed E-state index contributed by atoms with van der Waals surface area (Å²) in [7, 11) is 0. The van der Waals surface area contributed by atoms with Crippen LogP contribution in [0.2, 0.25) is 5.02 Å². The van der Waals surface area contributed by atoms with Crippen LogP contribution >= 0.6 is 11.6 Å². The number of nitrogen functional groups attached to an aromatic ring is 1. The van der Waals surface area contributed by atoms with Gasteiger partial charge in [0.2, 0.25) is 0 Å². The van der Waals surface area contributed by atoms with Gasteiger partial charge in [-0.15, -0.1) is 0 Å². The lowest BCUT2D eigenvalue weighted by molar-refractivity contribution is 0.436. The average Bonchev–Trinajstić information content (AvgIpc) is 2.59. The third kappa shape index (κ3) is 2.02. The molecule has 2 aromatic rings. The highest BCUT2D eigenvalue weighted by Crippen LogP contribution is 2.27. The molecule has 15 heavy (non-hydrogen) atoms. The van der Waals surface area contributed by atoms with Crippen molar-refractivity contribution in [3.8, 4) is 0 Å². The van der Waals surface area contributed by atoms with Crippen LogP contribution in [-0.2, 0) is 0 Å². The molecule has 0 aliphatic carbocycles. The highest BCUT2D eigenvalue weighted by Gasteiger charge is 2.07. The van der Waals surface area contributed by atoms with E-state index in [2.05, 4.69) is 15.5 Å². The van der Waals surface area contributed by atoms with Gasteiger partial charge in [-0.2, -0.15) is 4.98 Å². The summed E-state index contributed by atoms with van der Waals surface area (Å²) in [5.41, 5.74) is 6.99. The molecule has 0 saturated heterocycles. The molecule has 1 heterocycles. The first-order valence-electron chi connectivity index (χ1n) is 4.28. The molecule has 6 heteroatoms. The van der Waals surface area contributed by atoms with Crippen LogP contribution < -0.4 is 11.1 Å². The Morgan fingerprint density at radius 3 is 2.93 bits per heavy atom. The fraction of sp³-hybridized carbons (Fsp3) is 0.111. The first-order chi connectivity index (χ1) is 7.16. The van der Waals surface area contributed by atoms with Crippen molar-refractivity contribution in [3.63, 3.8) is 0 Å². The third-order valence-corrected chi connectivity index (χ3v) is 2.38. The molecule has 3 N–H and O–H groups in total. The van der Waals surface area contributed by atoms with E-state index >= 15 is 0 Å². The van der Waals surface area contributed by atoms with Gasteiger partial charge in [0.1, 0.15) is 0 Å². The van der Waals surface area contributed by atoms with E-state index in [1.807, 2.05) is 25.1 Å². The molecule has 5 nitrogen and oxygen atoms in total. The van der Waals surface area contributed by atoms with E-state index in [-0.39, 0.29) is 12.0 Å². The summed E-state index contributed by atoms with van der Waals surface area (Å²) >= 11 is 6.07. The van der Waals surface area contributed by atoms with E-state index in [1.54, 1.807) is 0 Å². The number of aromatic nitrogens is 2. The lowest BCUT2D eigenvalue weighted by Gasteiger charge is -2.05. The van der Waals surface area contributed by atoms with Gasteiger partial charge >= 0.3 is 6.01 Å². The van der Waals surface area contributed by atoms with E-state index in [9.17, 15) is 0 Å². The summed E-state index contributed by atoms with van der Waals surface area (Å²) < 4.78 is 4.81. The fourth-order valence-corrected chi connectivity index (χ4v) is 1.32. The second-order valence-corrected chi connectivity index (χ2v) is 3.40. The van der Waals surface area contributed by atoms with Crippen LogP contribution in [0.5, 0.6) is 0 Å². The van der Waals surface area contributed by atoms with E-state index in [1.165, 1.54) is 0 Å². The van der Waals surface area contributed by atoms with Crippen molar-refractivity contribution < 1.29 is 4.52 Å². The van der Waals surface area contributed by atoms with Crippen molar-refractivity contribution in [3.05, 3.63) is 28.8 Å². The van der Waals surface area contributed by atoms with Crippen molar-refractivity contribution in [2.24, 2.45) is 0 Å². The summed E-state index contributed by atoms with van der Waals surface area (Å²) in [6.07, 6.45) is 0. The van der Waals surface area contributed by atoms with Gasteiger partial charge in [0.15, 0.2) is 0 Å². The zero-order chi connectivity index (χ0) is 10.8. The largest absolute Gasteiger partial charge is 0.365 e. The maximum atomic E-state index is 6.07. The molecule has 1 aromatic heterocycles. The Morgan fingerprint density at radius 1 is 1.47 bits per heavy atom. The molecule has 0 fully saturated rings. The average molecular weight is 225 g/mol. The molecule has 0 radical (unpaired) electrons. The number of hydrogen-bond donors (Lipinski definition) is 2. The quantitative estimate of drug-likeness (QED) is 0.819. The van der Waals surface area contributed by atoms with E-state index in [0.717, 1.165) is 5.56 Å². The van der Waals surface area contributed by atoms with Crippen molar-refractivity contribution in [2.45, 2.75) is 6.92 Å². The molecule has 0 aliphatic rings.